The van der Waals surface area contributed by atoms with Gasteiger partial charge in [-0.3, -0.25) is 14.5 Å². The largest absolute Gasteiger partial charge is 0.493 e. The van der Waals surface area contributed by atoms with Crippen molar-refractivity contribution in [2.24, 2.45) is 4.99 Å². The van der Waals surface area contributed by atoms with E-state index in [0.717, 1.165) is 11.1 Å². The summed E-state index contributed by atoms with van der Waals surface area (Å²) in [5, 5.41) is 5.14. The predicted molar refractivity (Wildman–Crippen MR) is 183 cm³/mol. The smallest absolute Gasteiger partial charge is 0.408 e. The molecule has 10 nitrogen and oxygen atoms in total. The van der Waals surface area contributed by atoms with E-state index in [4.69, 9.17) is 14.2 Å². The molecule has 248 valence electrons. The minimum atomic E-state index is -0.860. The van der Waals surface area contributed by atoms with Crippen molar-refractivity contribution in [3.63, 3.8) is 0 Å². The molecule has 3 amide bonds. The highest BCUT2D eigenvalue weighted by Gasteiger charge is 2.39. The maximum atomic E-state index is 14.0. The summed E-state index contributed by atoms with van der Waals surface area (Å²) in [5.74, 6) is 0.167. The molecular formula is C36H35FN4O6S. The van der Waals surface area contributed by atoms with E-state index in [1.54, 1.807) is 62.4 Å². The molecular weight excluding hydrogens is 635 g/mol. The van der Waals surface area contributed by atoms with Crippen LogP contribution < -0.4 is 20.1 Å². The second kappa shape index (κ2) is 16.0. The lowest BCUT2D eigenvalue weighted by molar-refractivity contribution is -0.126. The van der Waals surface area contributed by atoms with Gasteiger partial charge in [-0.15, -0.1) is 0 Å². The van der Waals surface area contributed by atoms with E-state index in [2.05, 4.69) is 15.6 Å². The van der Waals surface area contributed by atoms with E-state index in [0.29, 0.717) is 46.6 Å². The average Bonchev–Trinajstić information content (AvgIpc) is 3.40. The van der Waals surface area contributed by atoms with E-state index in [9.17, 15) is 18.8 Å². The zero-order valence-corrected chi connectivity index (χ0v) is 27.5. The standard InChI is InChI=1S/C36H35FN4O6S/c1-23(38-36(44)47-22-25-8-5-4-6-9-25)33(42)39-28-15-13-26(14-16-28)32-34(43)41(35(48-32)40-29-11-7-10-27(37)21-29)19-18-24-12-17-30(45-2)31(20-24)46-3/h4-17,20-21,23,32H,18-19,22H2,1-3H3,(H,38,44)(H,39,42)/b40-35-/t23-,32?/m0/s1. The normalized spacial score (nSPS) is 15.6. The van der Waals surface area contributed by atoms with E-state index < -0.39 is 29.1 Å². The van der Waals surface area contributed by atoms with Gasteiger partial charge in [0.1, 0.15) is 23.7 Å². The third-order valence-corrected chi connectivity index (χ3v) is 8.70. The molecule has 1 heterocycles. The molecule has 0 saturated carbocycles. The number of carbonyl (C=O) groups excluding carboxylic acids is 3. The van der Waals surface area contributed by atoms with Gasteiger partial charge in [-0.2, -0.15) is 0 Å². The molecule has 0 bridgehead atoms. The first kappa shape index (κ1) is 34.0. The van der Waals surface area contributed by atoms with Crippen LogP contribution in [0, 0.1) is 5.82 Å². The molecule has 4 aromatic carbocycles. The second-order valence-corrected chi connectivity index (χ2v) is 11.9. The summed E-state index contributed by atoms with van der Waals surface area (Å²) in [4.78, 5) is 45.0. The van der Waals surface area contributed by atoms with Crippen LogP contribution in [0.1, 0.15) is 28.9 Å². The number of ether oxygens (including phenoxy) is 3. The SMILES string of the molecule is COc1ccc(CCN2C(=O)C(c3ccc(NC(=O)[C@H](C)NC(=O)OCc4ccccc4)cc3)S/C2=N\c2cccc(F)c2)cc1OC. The molecule has 2 N–H and O–H groups in total. The van der Waals surface area contributed by atoms with Crippen molar-refractivity contribution >= 4 is 46.2 Å². The van der Waals surface area contributed by atoms with Gasteiger partial charge in [-0.25, -0.2) is 14.2 Å². The molecule has 0 aromatic heterocycles. The monoisotopic (exact) mass is 670 g/mol. The Labute approximate surface area is 282 Å². The van der Waals surface area contributed by atoms with Crippen molar-refractivity contribution in [2.45, 2.75) is 31.2 Å². The van der Waals surface area contributed by atoms with Crippen molar-refractivity contribution in [3.8, 4) is 11.5 Å². The average molecular weight is 671 g/mol. The Kier molecular flexibility index (Phi) is 11.3. The number of halogens is 1. The number of amidine groups is 1. The number of aliphatic imine (C=N–C) groups is 1. The number of benzene rings is 4. The zero-order chi connectivity index (χ0) is 34.0. The molecule has 1 unspecified atom stereocenters. The molecule has 5 rings (SSSR count). The van der Waals surface area contributed by atoms with Crippen LogP contribution in [0.3, 0.4) is 0 Å². The lowest BCUT2D eigenvalue weighted by atomic mass is 10.1. The van der Waals surface area contributed by atoms with Gasteiger partial charge in [0.2, 0.25) is 11.8 Å². The van der Waals surface area contributed by atoms with Crippen LogP contribution in [-0.2, 0) is 27.4 Å². The molecule has 4 aromatic rings. The zero-order valence-electron chi connectivity index (χ0n) is 26.6. The van der Waals surface area contributed by atoms with Gasteiger partial charge in [0.05, 0.1) is 19.9 Å². The molecule has 1 saturated heterocycles. The summed E-state index contributed by atoms with van der Waals surface area (Å²) >= 11 is 1.27. The van der Waals surface area contributed by atoms with Crippen molar-refractivity contribution in [3.05, 3.63) is 120 Å². The molecule has 48 heavy (non-hydrogen) atoms. The predicted octanol–water partition coefficient (Wildman–Crippen LogP) is 6.64. The van der Waals surface area contributed by atoms with Gasteiger partial charge in [-0.05, 0) is 72.5 Å². The third kappa shape index (κ3) is 8.71. The Morgan fingerprint density at radius 1 is 0.917 bits per heavy atom. The van der Waals surface area contributed by atoms with E-state index in [1.165, 1.54) is 23.9 Å². The maximum Gasteiger partial charge on any atom is 0.408 e. The number of amides is 3. The van der Waals surface area contributed by atoms with Gasteiger partial charge in [-0.1, -0.05) is 66.4 Å². The second-order valence-electron chi connectivity index (χ2n) is 10.8. The Balaban J connectivity index is 1.24. The molecule has 1 fully saturated rings. The molecule has 12 heteroatoms. The number of nitrogens with zero attached hydrogens (tertiary/aromatic N) is 2. The topological polar surface area (TPSA) is 119 Å². The number of hydrogen-bond acceptors (Lipinski definition) is 8. The Bertz CT molecular complexity index is 1790. The lowest BCUT2D eigenvalue weighted by Gasteiger charge is -2.17. The number of alkyl carbamates (subject to hydrolysis) is 1. The van der Waals surface area contributed by atoms with Crippen LogP contribution in [0.5, 0.6) is 11.5 Å². The number of nitrogens with one attached hydrogen (secondary N) is 2. The van der Waals surface area contributed by atoms with Gasteiger partial charge >= 0.3 is 6.09 Å². The Morgan fingerprint density at radius 3 is 2.38 bits per heavy atom. The number of hydrogen-bond donors (Lipinski definition) is 2. The highest BCUT2D eigenvalue weighted by molar-refractivity contribution is 8.15. The highest BCUT2D eigenvalue weighted by atomic mass is 32.2. The Morgan fingerprint density at radius 2 is 1.67 bits per heavy atom. The first-order chi connectivity index (χ1) is 23.2. The quantitative estimate of drug-likeness (QED) is 0.173. The summed E-state index contributed by atoms with van der Waals surface area (Å²) in [6, 6.07) is 26.7. The fourth-order valence-electron chi connectivity index (χ4n) is 4.89. The molecule has 1 aliphatic rings. The summed E-state index contributed by atoms with van der Waals surface area (Å²) in [6.45, 7) is 1.97. The minimum absolute atomic E-state index is 0.0860. The van der Waals surface area contributed by atoms with Crippen LogP contribution in [-0.4, -0.2) is 54.8 Å². The van der Waals surface area contributed by atoms with Gasteiger partial charge in [0.25, 0.3) is 0 Å². The lowest BCUT2D eigenvalue weighted by Crippen LogP contribution is -2.41. The van der Waals surface area contributed by atoms with Crippen molar-refractivity contribution in [1.29, 1.82) is 0 Å². The summed E-state index contributed by atoms with van der Waals surface area (Å²) in [7, 11) is 3.13. The fraction of sp³-hybridized carbons (Fsp3) is 0.222. The van der Waals surface area contributed by atoms with Crippen LogP contribution in [0.15, 0.2) is 102 Å². The van der Waals surface area contributed by atoms with Crippen molar-refractivity contribution in [1.82, 2.24) is 10.2 Å². The van der Waals surface area contributed by atoms with Crippen LogP contribution in [0.4, 0.5) is 20.6 Å². The summed E-state index contributed by atoms with van der Waals surface area (Å²) in [6.07, 6.45) is -0.196. The third-order valence-electron chi connectivity index (χ3n) is 7.47. The minimum Gasteiger partial charge on any atom is -0.493 e. The number of methoxy groups -OCH3 is 2. The van der Waals surface area contributed by atoms with Crippen LogP contribution in [0.25, 0.3) is 0 Å². The maximum absolute atomic E-state index is 14.0. The van der Waals surface area contributed by atoms with Gasteiger partial charge in [0, 0.05) is 12.2 Å². The number of anilines is 1. The first-order valence-electron chi connectivity index (χ1n) is 15.1. The molecule has 0 radical (unpaired) electrons. The van der Waals surface area contributed by atoms with Crippen molar-refractivity contribution < 1.29 is 33.0 Å². The van der Waals surface area contributed by atoms with Gasteiger partial charge < -0.3 is 24.8 Å². The Hall–Kier alpha value is -5.36. The molecule has 0 aliphatic carbocycles. The van der Waals surface area contributed by atoms with Crippen LogP contribution in [0.2, 0.25) is 0 Å². The van der Waals surface area contributed by atoms with E-state index >= 15 is 0 Å². The van der Waals surface area contributed by atoms with Gasteiger partial charge in [0.15, 0.2) is 16.7 Å². The highest BCUT2D eigenvalue weighted by Crippen LogP contribution is 2.41. The molecule has 0 spiro atoms. The van der Waals surface area contributed by atoms with E-state index in [1.807, 2.05) is 48.5 Å². The number of carbonyl (C=O) groups is 3. The summed E-state index contributed by atoms with van der Waals surface area (Å²) < 4.78 is 29.9. The first-order valence-corrected chi connectivity index (χ1v) is 16.0. The molecule has 1 aliphatic heterocycles. The molecule has 2 atom stereocenters. The number of rotatable bonds is 12. The summed E-state index contributed by atoms with van der Waals surface area (Å²) in [5.41, 5.74) is 3.36. The van der Waals surface area contributed by atoms with Crippen molar-refractivity contribution in [2.75, 3.05) is 26.1 Å². The fourth-order valence-corrected chi connectivity index (χ4v) is 6.09. The van der Waals surface area contributed by atoms with E-state index in [-0.39, 0.29) is 12.5 Å². The van der Waals surface area contributed by atoms with Crippen LogP contribution >= 0.6 is 11.8 Å². The number of thioether (sulfide) groups is 1.